The molecule has 3 heteroatoms. The van der Waals surface area contributed by atoms with Gasteiger partial charge in [0.05, 0.1) is 19.1 Å². The molecule has 0 aromatic heterocycles. The number of allylic oxidation sites excluding steroid dienone is 6. The van der Waals surface area contributed by atoms with Gasteiger partial charge in [-0.15, -0.1) is 0 Å². The highest BCUT2D eigenvalue weighted by Gasteiger charge is 2.61. The Bertz CT molecular complexity index is 1160. The number of hydrogen-bond acceptors (Lipinski definition) is 3. The summed E-state index contributed by atoms with van der Waals surface area (Å²) in [6.45, 7) is 5.28. The molecule has 6 rings (SSSR count). The zero-order chi connectivity index (χ0) is 22.0. The molecule has 3 nitrogen and oxygen atoms in total. The Morgan fingerprint density at radius 3 is 2.12 bits per heavy atom. The molecule has 2 fully saturated rings. The van der Waals surface area contributed by atoms with E-state index in [2.05, 4.69) is 60.7 Å². The van der Waals surface area contributed by atoms with E-state index in [9.17, 15) is 4.79 Å². The van der Waals surface area contributed by atoms with Crippen LogP contribution in [0.5, 0.6) is 0 Å². The van der Waals surface area contributed by atoms with Gasteiger partial charge < -0.3 is 9.47 Å². The van der Waals surface area contributed by atoms with Crippen LogP contribution in [0.15, 0.2) is 84.5 Å². The van der Waals surface area contributed by atoms with E-state index in [1.54, 1.807) is 0 Å². The molecule has 4 aliphatic rings. The van der Waals surface area contributed by atoms with Crippen LogP contribution in [0.4, 0.5) is 0 Å². The molecule has 3 aliphatic carbocycles. The van der Waals surface area contributed by atoms with Crippen molar-refractivity contribution in [2.75, 3.05) is 13.2 Å². The van der Waals surface area contributed by atoms with Gasteiger partial charge in [0.2, 0.25) is 0 Å². The lowest BCUT2D eigenvalue weighted by molar-refractivity contribution is -0.285. The molecule has 2 atom stereocenters. The van der Waals surface area contributed by atoms with Crippen molar-refractivity contribution >= 4 is 16.9 Å². The first-order valence-electron chi connectivity index (χ1n) is 11.5. The maximum Gasteiger partial charge on any atom is 0.164 e. The van der Waals surface area contributed by atoms with Gasteiger partial charge in [0.25, 0.3) is 0 Å². The van der Waals surface area contributed by atoms with Crippen molar-refractivity contribution in [2.45, 2.75) is 32.5 Å². The minimum atomic E-state index is -0.545. The second-order valence-corrected chi connectivity index (χ2v) is 10.3. The van der Waals surface area contributed by atoms with Crippen LogP contribution in [0.2, 0.25) is 0 Å². The van der Waals surface area contributed by atoms with Crippen LogP contribution in [-0.2, 0) is 14.3 Å². The van der Waals surface area contributed by atoms with Crippen LogP contribution in [0.25, 0.3) is 11.1 Å². The zero-order valence-corrected chi connectivity index (χ0v) is 18.6. The molecule has 2 aromatic rings. The van der Waals surface area contributed by atoms with Crippen molar-refractivity contribution < 1.29 is 14.3 Å². The lowest BCUT2D eigenvalue weighted by Crippen LogP contribution is -2.46. The van der Waals surface area contributed by atoms with Crippen LogP contribution in [0.1, 0.15) is 37.8 Å². The quantitative estimate of drug-likeness (QED) is 0.607. The Balaban J connectivity index is 1.50. The van der Waals surface area contributed by atoms with Crippen molar-refractivity contribution in [3.05, 3.63) is 95.6 Å². The number of carbonyl (C=O) groups excluding carboxylic acids is 1. The fraction of sp³-hybridized carbons (Fsp3) is 0.345. The smallest absolute Gasteiger partial charge is 0.164 e. The second-order valence-electron chi connectivity index (χ2n) is 10.3. The van der Waals surface area contributed by atoms with E-state index in [-0.39, 0.29) is 22.5 Å². The van der Waals surface area contributed by atoms with Gasteiger partial charge in [0.15, 0.2) is 11.6 Å². The zero-order valence-electron chi connectivity index (χ0n) is 18.6. The average Bonchev–Trinajstić information content (AvgIpc) is 3.23. The monoisotopic (exact) mass is 424 g/mol. The summed E-state index contributed by atoms with van der Waals surface area (Å²) in [5.41, 5.74) is 5.47. The number of hydrogen-bond donors (Lipinski definition) is 0. The number of rotatable bonds is 2. The maximum atomic E-state index is 13.4. The van der Waals surface area contributed by atoms with Gasteiger partial charge in [0, 0.05) is 10.8 Å². The highest BCUT2D eigenvalue weighted by atomic mass is 16.7. The molecule has 32 heavy (non-hydrogen) atoms. The maximum absolute atomic E-state index is 13.4. The summed E-state index contributed by atoms with van der Waals surface area (Å²) in [6, 6.07) is 20.9. The van der Waals surface area contributed by atoms with E-state index in [1.165, 1.54) is 16.7 Å². The summed E-state index contributed by atoms with van der Waals surface area (Å²) in [7, 11) is 0. The van der Waals surface area contributed by atoms with Gasteiger partial charge >= 0.3 is 0 Å². The first-order chi connectivity index (χ1) is 15.4. The van der Waals surface area contributed by atoms with Gasteiger partial charge in [-0.25, -0.2) is 0 Å². The van der Waals surface area contributed by atoms with Gasteiger partial charge in [-0.05, 0) is 55.0 Å². The minimum absolute atomic E-state index is 0.0856. The molecule has 162 valence electrons. The molecule has 2 unspecified atom stereocenters. The first-order valence-corrected chi connectivity index (χ1v) is 11.5. The van der Waals surface area contributed by atoms with Gasteiger partial charge in [-0.3, -0.25) is 4.79 Å². The lowest BCUT2D eigenvalue weighted by Gasteiger charge is -2.43. The first kappa shape index (κ1) is 19.9. The molecule has 2 aromatic carbocycles. The summed E-state index contributed by atoms with van der Waals surface area (Å²) in [5, 5.41) is 0. The van der Waals surface area contributed by atoms with Crippen molar-refractivity contribution in [2.24, 2.45) is 16.7 Å². The Labute approximate surface area is 189 Å². The fourth-order valence-corrected chi connectivity index (χ4v) is 6.19. The predicted molar refractivity (Wildman–Crippen MR) is 126 cm³/mol. The van der Waals surface area contributed by atoms with Gasteiger partial charge in [-0.2, -0.15) is 0 Å². The van der Waals surface area contributed by atoms with Gasteiger partial charge in [-0.1, -0.05) is 78.4 Å². The molecule has 0 amide bonds. The third kappa shape index (κ3) is 2.99. The molecule has 2 spiro atoms. The Morgan fingerprint density at radius 1 is 0.844 bits per heavy atom. The SMILES string of the molecule is CC1(C)OCC2(CO1)CC1=CC(=O)C3C(c4ccccc4)=CC(c4ccccc4)=CC13C2. The van der Waals surface area contributed by atoms with Crippen molar-refractivity contribution in [1.29, 1.82) is 0 Å². The Morgan fingerprint density at radius 2 is 1.47 bits per heavy atom. The fourth-order valence-electron chi connectivity index (χ4n) is 6.19. The third-order valence-electron chi connectivity index (χ3n) is 7.65. The van der Waals surface area contributed by atoms with Crippen LogP contribution >= 0.6 is 0 Å². The van der Waals surface area contributed by atoms with Gasteiger partial charge in [0.1, 0.15) is 0 Å². The van der Waals surface area contributed by atoms with Crippen LogP contribution < -0.4 is 0 Å². The second kappa shape index (κ2) is 6.87. The van der Waals surface area contributed by atoms with Crippen molar-refractivity contribution in [3.63, 3.8) is 0 Å². The minimum Gasteiger partial charge on any atom is -0.350 e. The number of carbonyl (C=O) groups is 1. The number of ether oxygens (including phenoxy) is 2. The summed E-state index contributed by atoms with van der Waals surface area (Å²) in [5.74, 6) is -0.496. The lowest BCUT2D eigenvalue weighted by atomic mass is 9.64. The van der Waals surface area contributed by atoms with E-state index in [0.717, 1.165) is 24.0 Å². The largest absolute Gasteiger partial charge is 0.350 e. The molecule has 0 bridgehead atoms. The average molecular weight is 425 g/mol. The summed E-state index contributed by atoms with van der Waals surface area (Å²) in [4.78, 5) is 13.4. The van der Waals surface area contributed by atoms with Crippen LogP contribution in [-0.4, -0.2) is 24.8 Å². The molecule has 1 saturated heterocycles. The van der Waals surface area contributed by atoms with E-state index in [0.29, 0.717) is 13.2 Å². The van der Waals surface area contributed by atoms with E-state index in [4.69, 9.17) is 9.47 Å². The molecule has 0 N–H and O–H groups in total. The number of benzene rings is 2. The molecule has 1 saturated carbocycles. The number of ketones is 1. The standard InChI is InChI=1S/C29H28O3/c1-27(2)31-18-28(19-32-27)16-23-14-25(30)26-24(21-11-7-4-8-12-21)13-22(15-29(23,26)17-28)20-9-5-3-6-10-20/h3-15,26H,16-19H2,1-2H3. The highest BCUT2D eigenvalue weighted by molar-refractivity contribution is 6.08. The third-order valence-corrected chi connectivity index (χ3v) is 7.65. The Hall–Kier alpha value is -2.75. The summed E-state index contributed by atoms with van der Waals surface area (Å²) < 4.78 is 12.2. The molecular formula is C29H28O3. The van der Waals surface area contributed by atoms with E-state index < -0.39 is 5.79 Å². The molecule has 1 aliphatic heterocycles. The van der Waals surface area contributed by atoms with E-state index in [1.807, 2.05) is 32.1 Å². The molecule has 1 heterocycles. The molecule has 0 radical (unpaired) electrons. The summed E-state index contributed by atoms with van der Waals surface area (Å²) >= 11 is 0. The van der Waals surface area contributed by atoms with Crippen molar-refractivity contribution in [3.8, 4) is 0 Å². The van der Waals surface area contributed by atoms with Crippen LogP contribution in [0.3, 0.4) is 0 Å². The topological polar surface area (TPSA) is 35.5 Å². The van der Waals surface area contributed by atoms with E-state index >= 15 is 0 Å². The Kier molecular flexibility index (Phi) is 4.27. The normalized spacial score (nSPS) is 29.8. The highest BCUT2D eigenvalue weighted by Crippen LogP contribution is 2.66. The summed E-state index contributed by atoms with van der Waals surface area (Å²) in [6.07, 6.45) is 8.27. The molecular weight excluding hydrogens is 396 g/mol. The van der Waals surface area contributed by atoms with Crippen molar-refractivity contribution in [1.82, 2.24) is 0 Å². The van der Waals surface area contributed by atoms with Crippen LogP contribution in [0, 0.1) is 16.7 Å². The predicted octanol–water partition coefficient (Wildman–Crippen LogP) is 5.84.